The standard InChI is InChI=1S/C11H13NS/c1-4-6-10(7-5-2)11-9(3)12-8-13-11/h4-8H,1H2,2-3H3/b7-5-,10-6+. The van der Waals surface area contributed by atoms with Gasteiger partial charge in [0.2, 0.25) is 0 Å². The maximum atomic E-state index is 4.21. The Labute approximate surface area is 83.1 Å². The second-order valence-corrected chi connectivity index (χ2v) is 3.48. The lowest BCUT2D eigenvalue weighted by molar-refractivity contribution is 1.26. The normalized spacial score (nSPS) is 12.3. The number of aryl methyl sites for hydroxylation is 1. The second kappa shape index (κ2) is 4.77. The summed E-state index contributed by atoms with van der Waals surface area (Å²) in [6, 6.07) is 0. The molecule has 1 heterocycles. The Balaban J connectivity index is 3.09. The molecule has 0 amide bonds. The van der Waals surface area contributed by atoms with Gasteiger partial charge in [0.1, 0.15) is 0 Å². The molecule has 13 heavy (non-hydrogen) atoms. The highest BCUT2D eigenvalue weighted by Crippen LogP contribution is 2.23. The smallest absolute Gasteiger partial charge is 0.0801 e. The van der Waals surface area contributed by atoms with E-state index in [1.807, 2.05) is 31.5 Å². The van der Waals surface area contributed by atoms with E-state index in [0.717, 1.165) is 5.69 Å². The number of nitrogens with zero attached hydrogens (tertiary/aromatic N) is 1. The van der Waals surface area contributed by atoms with E-state index in [-0.39, 0.29) is 0 Å². The molecular weight excluding hydrogens is 178 g/mol. The largest absolute Gasteiger partial charge is 0.249 e. The Morgan fingerprint density at radius 3 is 2.85 bits per heavy atom. The van der Waals surface area contributed by atoms with Gasteiger partial charge in [0, 0.05) is 0 Å². The fraction of sp³-hybridized carbons (Fsp3) is 0.182. The molecule has 1 aromatic rings. The molecule has 0 N–H and O–H groups in total. The maximum Gasteiger partial charge on any atom is 0.0801 e. The molecule has 0 spiro atoms. The van der Waals surface area contributed by atoms with Crippen molar-refractivity contribution in [2.75, 3.05) is 0 Å². The van der Waals surface area contributed by atoms with Crippen molar-refractivity contribution >= 4 is 16.9 Å². The average molecular weight is 191 g/mol. The van der Waals surface area contributed by atoms with Crippen molar-refractivity contribution in [3.63, 3.8) is 0 Å². The van der Waals surface area contributed by atoms with Crippen LogP contribution in [0.5, 0.6) is 0 Å². The quantitative estimate of drug-likeness (QED) is 0.665. The minimum atomic E-state index is 1.08. The van der Waals surface area contributed by atoms with Crippen LogP contribution in [0, 0.1) is 6.92 Å². The van der Waals surface area contributed by atoms with Crippen LogP contribution in [-0.4, -0.2) is 4.98 Å². The number of hydrogen-bond acceptors (Lipinski definition) is 2. The number of thiazole rings is 1. The Kier molecular flexibility index (Phi) is 3.65. The molecule has 0 aliphatic carbocycles. The van der Waals surface area contributed by atoms with Gasteiger partial charge in [-0.2, -0.15) is 0 Å². The van der Waals surface area contributed by atoms with Gasteiger partial charge in [0.05, 0.1) is 16.1 Å². The monoisotopic (exact) mass is 191 g/mol. The highest BCUT2D eigenvalue weighted by molar-refractivity contribution is 7.11. The molecule has 1 nitrogen and oxygen atoms in total. The summed E-state index contributed by atoms with van der Waals surface area (Å²) in [5, 5.41) is 0. The molecule has 0 saturated carbocycles. The first kappa shape index (κ1) is 9.93. The van der Waals surface area contributed by atoms with E-state index in [2.05, 4.69) is 17.6 Å². The SMILES string of the molecule is C=C/C=C(\C=C/C)c1scnc1C. The summed E-state index contributed by atoms with van der Waals surface area (Å²) >= 11 is 1.66. The van der Waals surface area contributed by atoms with Crippen LogP contribution in [0.1, 0.15) is 17.5 Å². The van der Waals surface area contributed by atoms with E-state index in [4.69, 9.17) is 0 Å². The van der Waals surface area contributed by atoms with Crippen molar-refractivity contribution in [3.05, 3.63) is 47.0 Å². The van der Waals surface area contributed by atoms with E-state index in [1.165, 1.54) is 10.5 Å². The van der Waals surface area contributed by atoms with Gasteiger partial charge in [-0.25, -0.2) is 4.98 Å². The van der Waals surface area contributed by atoms with E-state index in [9.17, 15) is 0 Å². The van der Waals surface area contributed by atoms with Crippen LogP contribution in [0.4, 0.5) is 0 Å². The Morgan fingerprint density at radius 1 is 1.62 bits per heavy atom. The summed E-state index contributed by atoms with van der Waals surface area (Å²) in [5.74, 6) is 0. The summed E-state index contributed by atoms with van der Waals surface area (Å²) < 4.78 is 0. The zero-order valence-corrected chi connectivity index (χ0v) is 8.77. The van der Waals surface area contributed by atoms with Crippen molar-refractivity contribution in [1.29, 1.82) is 0 Å². The van der Waals surface area contributed by atoms with Crippen LogP contribution >= 0.6 is 11.3 Å². The van der Waals surface area contributed by atoms with Crippen LogP contribution in [0.25, 0.3) is 5.57 Å². The fourth-order valence-electron chi connectivity index (χ4n) is 1.09. The van der Waals surface area contributed by atoms with E-state index < -0.39 is 0 Å². The molecule has 2 heteroatoms. The van der Waals surface area contributed by atoms with Crippen LogP contribution in [0.15, 0.2) is 36.4 Å². The van der Waals surface area contributed by atoms with Crippen LogP contribution in [-0.2, 0) is 0 Å². The van der Waals surface area contributed by atoms with Gasteiger partial charge in [-0.15, -0.1) is 11.3 Å². The maximum absolute atomic E-state index is 4.21. The molecule has 0 fully saturated rings. The molecule has 0 atom stereocenters. The Hall–Kier alpha value is -1.15. The fourth-order valence-corrected chi connectivity index (χ4v) is 1.90. The van der Waals surface area contributed by atoms with Gasteiger partial charge >= 0.3 is 0 Å². The first-order chi connectivity index (χ1) is 6.29. The van der Waals surface area contributed by atoms with Crippen molar-refractivity contribution < 1.29 is 0 Å². The highest BCUT2D eigenvalue weighted by Gasteiger charge is 2.03. The lowest BCUT2D eigenvalue weighted by Gasteiger charge is -1.97. The number of allylic oxidation sites excluding steroid dienone is 5. The molecule has 1 rings (SSSR count). The van der Waals surface area contributed by atoms with Crippen molar-refractivity contribution in [1.82, 2.24) is 4.98 Å². The molecule has 0 radical (unpaired) electrons. The Morgan fingerprint density at radius 2 is 2.38 bits per heavy atom. The molecular formula is C11H13NS. The zero-order chi connectivity index (χ0) is 9.68. The lowest BCUT2D eigenvalue weighted by Crippen LogP contribution is -1.79. The molecule has 68 valence electrons. The van der Waals surface area contributed by atoms with E-state index in [1.54, 1.807) is 17.4 Å². The second-order valence-electron chi connectivity index (χ2n) is 2.62. The molecule has 1 aromatic heterocycles. The molecule has 0 saturated heterocycles. The van der Waals surface area contributed by atoms with Crippen molar-refractivity contribution in [2.24, 2.45) is 0 Å². The molecule has 0 bridgehead atoms. The highest BCUT2D eigenvalue weighted by atomic mass is 32.1. The van der Waals surface area contributed by atoms with Gasteiger partial charge in [0.25, 0.3) is 0 Å². The molecule has 0 aliphatic rings. The third-order valence-electron chi connectivity index (χ3n) is 1.65. The Bertz CT molecular complexity index is 345. The average Bonchev–Trinajstić information content (AvgIpc) is 2.51. The van der Waals surface area contributed by atoms with E-state index in [0.29, 0.717) is 0 Å². The molecule has 0 unspecified atom stereocenters. The lowest BCUT2D eigenvalue weighted by atomic mass is 10.1. The third kappa shape index (κ3) is 2.39. The third-order valence-corrected chi connectivity index (χ3v) is 2.63. The van der Waals surface area contributed by atoms with Gasteiger partial charge in [-0.3, -0.25) is 0 Å². The van der Waals surface area contributed by atoms with Crippen molar-refractivity contribution in [3.8, 4) is 0 Å². The number of rotatable bonds is 3. The van der Waals surface area contributed by atoms with E-state index >= 15 is 0 Å². The topological polar surface area (TPSA) is 12.9 Å². The minimum Gasteiger partial charge on any atom is -0.249 e. The van der Waals surface area contributed by atoms with Gasteiger partial charge in [0.15, 0.2) is 0 Å². The summed E-state index contributed by atoms with van der Waals surface area (Å²) in [6.07, 6.45) is 7.89. The predicted molar refractivity (Wildman–Crippen MR) is 59.8 cm³/mol. The summed E-state index contributed by atoms with van der Waals surface area (Å²) in [6.45, 7) is 7.72. The first-order valence-corrected chi connectivity index (χ1v) is 5.03. The van der Waals surface area contributed by atoms with Gasteiger partial charge < -0.3 is 0 Å². The van der Waals surface area contributed by atoms with Crippen molar-refractivity contribution in [2.45, 2.75) is 13.8 Å². The zero-order valence-electron chi connectivity index (χ0n) is 7.95. The first-order valence-electron chi connectivity index (χ1n) is 4.15. The predicted octanol–water partition coefficient (Wildman–Crippen LogP) is 3.60. The van der Waals surface area contributed by atoms with Gasteiger partial charge in [-0.1, -0.05) is 30.9 Å². The van der Waals surface area contributed by atoms with Crippen LogP contribution in [0.3, 0.4) is 0 Å². The summed E-state index contributed by atoms with van der Waals surface area (Å²) in [5.41, 5.74) is 4.12. The molecule has 0 aromatic carbocycles. The number of aromatic nitrogens is 1. The number of hydrogen-bond donors (Lipinski definition) is 0. The van der Waals surface area contributed by atoms with Gasteiger partial charge in [-0.05, 0) is 19.4 Å². The van der Waals surface area contributed by atoms with Crippen LogP contribution in [0.2, 0.25) is 0 Å². The summed E-state index contributed by atoms with van der Waals surface area (Å²) in [4.78, 5) is 5.43. The summed E-state index contributed by atoms with van der Waals surface area (Å²) in [7, 11) is 0. The minimum absolute atomic E-state index is 1.08. The molecule has 0 aliphatic heterocycles. The van der Waals surface area contributed by atoms with Crippen LogP contribution < -0.4 is 0 Å².